The van der Waals surface area contributed by atoms with Crippen molar-refractivity contribution in [2.75, 3.05) is 0 Å². The number of para-hydroxylation sites is 1. The highest BCUT2D eigenvalue weighted by atomic mass is 16.5. The maximum atomic E-state index is 11.7. The summed E-state index contributed by atoms with van der Waals surface area (Å²) in [5.41, 5.74) is 1.80. The topological polar surface area (TPSA) is 26.1 Å². The molecule has 16 heavy (non-hydrogen) atoms. The Hall–Kier alpha value is -2.09. The highest BCUT2D eigenvalue weighted by molar-refractivity contribution is 5.58. The van der Waals surface area contributed by atoms with Gasteiger partial charge < -0.3 is 5.21 Å². The van der Waals surface area contributed by atoms with E-state index in [4.69, 9.17) is 0 Å². The molecule has 0 saturated carbocycles. The van der Waals surface area contributed by atoms with Crippen molar-refractivity contribution in [2.24, 2.45) is 0 Å². The van der Waals surface area contributed by atoms with Crippen LogP contribution in [0.25, 0.3) is 0 Å². The first-order chi connectivity index (χ1) is 7.86. The SMILES string of the molecule is [O-]/[N+](=C\Cc1ccccc1)c1ccccc1. The van der Waals surface area contributed by atoms with Crippen molar-refractivity contribution < 1.29 is 4.74 Å². The average molecular weight is 211 g/mol. The molecule has 0 spiro atoms. The first-order valence-electron chi connectivity index (χ1n) is 5.25. The molecule has 2 heteroatoms. The third-order valence-electron chi connectivity index (χ3n) is 2.35. The fraction of sp³-hybridized carbons (Fsp3) is 0.0714. The van der Waals surface area contributed by atoms with Crippen molar-refractivity contribution in [3.05, 3.63) is 71.4 Å². The van der Waals surface area contributed by atoms with Crippen molar-refractivity contribution in [3.63, 3.8) is 0 Å². The first kappa shape index (κ1) is 10.4. The highest BCUT2D eigenvalue weighted by Gasteiger charge is 1.98. The van der Waals surface area contributed by atoms with E-state index in [2.05, 4.69) is 0 Å². The molecule has 0 amide bonds. The molecule has 0 aliphatic rings. The van der Waals surface area contributed by atoms with Crippen LogP contribution in [-0.2, 0) is 6.42 Å². The van der Waals surface area contributed by atoms with Crippen LogP contribution < -0.4 is 0 Å². The van der Waals surface area contributed by atoms with Crippen molar-refractivity contribution in [1.29, 1.82) is 0 Å². The molecule has 0 bridgehead atoms. The Bertz CT molecular complexity index is 463. The molecule has 0 unspecified atom stereocenters. The van der Waals surface area contributed by atoms with Gasteiger partial charge in [0, 0.05) is 12.1 Å². The quantitative estimate of drug-likeness (QED) is 0.331. The molecule has 2 aromatic rings. The summed E-state index contributed by atoms with van der Waals surface area (Å²) in [6, 6.07) is 19.1. The zero-order valence-corrected chi connectivity index (χ0v) is 8.91. The Balaban J connectivity index is 2.09. The fourth-order valence-electron chi connectivity index (χ4n) is 1.48. The largest absolute Gasteiger partial charge is 0.619 e. The molecule has 0 atom stereocenters. The van der Waals surface area contributed by atoms with Crippen LogP contribution in [0, 0.1) is 5.21 Å². The van der Waals surface area contributed by atoms with Crippen LogP contribution in [0.3, 0.4) is 0 Å². The summed E-state index contributed by atoms with van der Waals surface area (Å²) in [7, 11) is 0. The smallest absolute Gasteiger partial charge is 0.216 e. The van der Waals surface area contributed by atoms with Gasteiger partial charge in [0.1, 0.15) is 0 Å². The zero-order valence-electron chi connectivity index (χ0n) is 8.91. The van der Waals surface area contributed by atoms with Crippen LogP contribution in [0.15, 0.2) is 60.7 Å². The molecular weight excluding hydrogens is 198 g/mol. The monoisotopic (exact) mass is 211 g/mol. The molecule has 2 aromatic carbocycles. The summed E-state index contributed by atoms with van der Waals surface area (Å²) in [4.78, 5) is 0. The number of hydrogen-bond donors (Lipinski definition) is 0. The summed E-state index contributed by atoms with van der Waals surface area (Å²) < 4.78 is 0.910. The van der Waals surface area contributed by atoms with Gasteiger partial charge in [-0.1, -0.05) is 48.5 Å². The van der Waals surface area contributed by atoms with Crippen LogP contribution in [0.1, 0.15) is 5.56 Å². The van der Waals surface area contributed by atoms with Crippen molar-refractivity contribution >= 4 is 11.9 Å². The number of nitrogens with zero attached hydrogens (tertiary/aromatic N) is 1. The lowest BCUT2D eigenvalue weighted by Gasteiger charge is -2.02. The molecule has 0 heterocycles. The summed E-state index contributed by atoms with van der Waals surface area (Å²) in [5, 5.41) is 11.7. The maximum Gasteiger partial charge on any atom is 0.216 e. The minimum absolute atomic E-state index is 0.652. The van der Waals surface area contributed by atoms with Gasteiger partial charge in [-0.3, -0.25) is 0 Å². The molecule has 80 valence electrons. The molecule has 0 saturated heterocycles. The van der Waals surface area contributed by atoms with E-state index < -0.39 is 0 Å². The van der Waals surface area contributed by atoms with Crippen molar-refractivity contribution in [3.8, 4) is 0 Å². The molecule has 0 aromatic heterocycles. The molecule has 0 radical (unpaired) electrons. The predicted octanol–water partition coefficient (Wildman–Crippen LogP) is 3.14. The zero-order chi connectivity index (χ0) is 11.2. The molecule has 0 fully saturated rings. The van der Waals surface area contributed by atoms with Crippen LogP contribution >= 0.6 is 0 Å². The van der Waals surface area contributed by atoms with E-state index in [0.717, 1.165) is 10.3 Å². The Kier molecular flexibility index (Phi) is 3.34. The van der Waals surface area contributed by atoms with Crippen LogP contribution in [0.5, 0.6) is 0 Å². The van der Waals surface area contributed by atoms with Gasteiger partial charge in [-0.2, -0.15) is 4.74 Å². The van der Waals surface area contributed by atoms with Gasteiger partial charge in [-0.25, -0.2) is 0 Å². The summed E-state index contributed by atoms with van der Waals surface area (Å²) in [5.74, 6) is 0. The van der Waals surface area contributed by atoms with E-state index in [9.17, 15) is 5.21 Å². The minimum Gasteiger partial charge on any atom is -0.619 e. The van der Waals surface area contributed by atoms with Gasteiger partial charge in [0.15, 0.2) is 6.21 Å². The normalized spacial score (nSPS) is 11.4. The predicted molar refractivity (Wildman–Crippen MR) is 65.9 cm³/mol. The highest BCUT2D eigenvalue weighted by Crippen LogP contribution is 2.08. The van der Waals surface area contributed by atoms with E-state index in [1.807, 2.05) is 48.5 Å². The Labute approximate surface area is 95.1 Å². The Morgan fingerprint density at radius 2 is 1.44 bits per heavy atom. The second-order valence-corrected chi connectivity index (χ2v) is 3.53. The molecular formula is C14H13NO. The third kappa shape index (κ3) is 2.70. The van der Waals surface area contributed by atoms with Crippen LogP contribution in [0.4, 0.5) is 5.69 Å². The van der Waals surface area contributed by atoms with Crippen LogP contribution in [-0.4, -0.2) is 11.0 Å². The molecule has 0 N–H and O–H groups in total. The number of benzene rings is 2. The van der Waals surface area contributed by atoms with Crippen molar-refractivity contribution in [2.45, 2.75) is 6.42 Å². The summed E-state index contributed by atoms with van der Waals surface area (Å²) >= 11 is 0. The number of rotatable bonds is 3. The maximum absolute atomic E-state index is 11.7. The van der Waals surface area contributed by atoms with E-state index in [1.165, 1.54) is 0 Å². The third-order valence-corrected chi connectivity index (χ3v) is 2.35. The lowest BCUT2D eigenvalue weighted by Crippen LogP contribution is -1.99. The molecule has 0 aliphatic heterocycles. The van der Waals surface area contributed by atoms with E-state index >= 15 is 0 Å². The van der Waals surface area contributed by atoms with Crippen molar-refractivity contribution in [1.82, 2.24) is 0 Å². The Morgan fingerprint density at radius 1 is 0.875 bits per heavy atom. The first-order valence-corrected chi connectivity index (χ1v) is 5.25. The van der Waals surface area contributed by atoms with E-state index in [-0.39, 0.29) is 0 Å². The van der Waals surface area contributed by atoms with Crippen LogP contribution in [0.2, 0.25) is 0 Å². The average Bonchev–Trinajstić information content (AvgIpc) is 2.38. The van der Waals surface area contributed by atoms with Gasteiger partial charge in [0.2, 0.25) is 5.69 Å². The number of hydrogen-bond acceptors (Lipinski definition) is 1. The molecule has 2 rings (SSSR count). The fourth-order valence-corrected chi connectivity index (χ4v) is 1.48. The van der Waals surface area contributed by atoms with E-state index in [0.29, 0.717) is 12.1 Å². The summed E-state index contributed by atoms with van der Waals surface area (Å²) in [6.45, 7) is 0. The molecule has 0 aliphatic carbocycles. The second-order valence-electron chi connectivity index (χ2n) is 3.53. The molecule has 2 nitrogen and oxygen atoms in total. The van der Waals surface area contributed by atoms with Gasteiger partial charge in [-0.15, -0.1) is 0 Å². The second kappa shape index (κ2) is 5.12. The van der Waals surface area contributed by atoms with Gasteiger partial charge in [0.05, 0.1) is 6.42 Å². The Morgan fingerprint density at radius 3 is 2.06 bits per heavy atom. The van der Waals surface area contributed by atoms with Gasteiger partial charge >= 0.3 is 0 Å². The lowest BCUT2D eigenvalue weighted by atomic mass is 10.2. The van der Waals surface area contributed by atoms with E-state index in [1.54, 1.807) is 18.3 Å². The standard InChI is InChI=1S/C14H13NO/c16-15(14-9-5-2-6-10-14)12-11-13-7-3-1-4-8-13/h1-10,12H,11H2/b15-12-. The van der Waals surface area contributed by atoms with Gasteiger partial charge in [-0.05, 0) is 5.56 Å². The minimum atomic E-state index is 0.652. The van der Waals surface area contributed by atoms with Gasteiger partial charge in [0.25, 0.3) is 0 Å². The lowest BCUT2D eigenvalue weighted by molar-refractivity contribution is -0.356. The summed E-state index contributed by atoms with van der Waals surface area (Å²) in [6.07, 6.45) is 2.30.